The van der Waals surface area contributed by atoms with E-state index in [2.05, 4.69) is 0 Å². The van der Waals surface area contributed by atoms with Crippen molar-refractivity contribution >= 4 is 11.6 Å². The van der Waals surface area contributed by atoms with Crippen LogP contribution in [0.1, 0.15) is 31.1 Å². The molecule has 0 amide bonds. The summed E-state index contributed by atoms with van der Waals surface area (Å²) in [4.78, 5) is 0. The molecule has 2 aromatic carbocycles. The minimum atomic E-state index is -0.918. The van der Waals surface area contributed by atoms with Crippen LogP contribution in [-0.2, 0) is 0 Å². The number of halogens is 2. The van der Waals surface area contributed by atoms with E-state index in [-0.39, 0.29) is 11.1 Å². The zero-order valence-corrected chi connectivity index (χ0v) is 12.1. The SMILES string of the molecule is CC(C)Oc1cccc(C(O)c2ccc(F)cc2Cl)c1. The van der Waals surface area contributed by atoms with Gasteiger partial charge in [0, 0.05) is 10.6 Å². The molecule has 0 aliphatic carbocycles. The molecule has 0 radical (unpaired) electrons. The molecule has 106 valence electrons. The molecular weight excluding hydrogens is 279 g/mol. The zero-order chi connectivity index (χ0) is 14.7. The van der Waals surface area contributed by atoms with Gasteiger partial charge in [0.05, 0.1) is 6.10 Å². The molecule has 2 nitrogen and oxygen atoms in total. The predicted octanol–water partition coefficient (Wildman–Crippen LogP) is 4.35. The van der Waals surface area contributed by atoms with E-state index in [4.69, 9.17) is 16.3 Å². The van der Waals surface area contributed by atoms with E-state index < -0.39 is 11.9 Å². The van der Waals surface area contributed by atoms with E-state index in [0.29, 0.717) is 16.9 Å². The average molecular weight is 295 g/mol. The molecule has 0 aliphatic rings. The molecule has 0 aliphatic heterocycles. The minimum Gasteiger partial charge on any atom is -0.491 e. The Hall–Kier alpha value is -1.58. The lowest BCUT2D eigenvalue weighted by molar-refractivity contribution is 0.216. The first-order chi connectivity index (χ1) is 9.47. The third kappa shape index (κ3) is 3.50. The number of ether oxygens (including phenoxy) is 1. The lowest BCUT2D eigenvalue weighted by Crippen LogP contribution is -2.07. The molecular formula is C16H16ClFO2. The molecule has 1 atom stereocenters. The van der Waals surface area contributed by atoms with Gasteiger partial charge in [-0.2, -0.15) is 0 Å². The molecule has 1 N–H and O–H groups in total. The van der Waals surface area contributed by atoms with E-state index in [1.54, 1.807) is 18.2 Å². The Morgan fingerprint density at radius 3 is 2.55 bits per heavy atom. The van der Waals surface area contributed by atoms with Crippen molar-refractivity contribution in [1.29, 1.82) is 0 Å². The van der Waals surface area contributed by atoms with Crippen molar-refractivity contribution < 1.29 is 14.2 Å². The van der Waals surface area contributed by atoms with Crippen LogP contribution < -0.4 is 4.74 Å². The number of benzene rings is 2. The van der Waals surface area contributed by atoms with Crippen LogP contribution >= 0.6 is 11.6 Å². The van der Waals surface area contributed by atoms with Gasteiger partial charge >= 0.3 is 0 Å². The second-order valence-electron chi connectivity index (χ2n) is 4.81. The molecule has 1 unspecified atom stereocenters. The molecule has 0 heterocycles. The zero-order valence-electron chi connectivity index (χ0n) is 11.3. The van der Waals surface area contributed by atoms with Crippen LogP contribution in [0.3, 0.4) is 0 Å². The largest absolute Gasteiger partial charge is 0.491 e. The van der Waals surface area contributed by atoms with Crippen molar-refractivity contribution in [2.24, 2.45) is 0 Å². The maximum atomic E-state index is 13.0. The van der Waals surface area contributed by atoms with Gasteiger partial charge in [0.1, 0.15) is 17.7 Å². The van der Waals surface area contributed by atoms with E-state index in [9.17, 15) is 9.50 Å². The normalized spacial score (nSPS) is 12.5. The Balaban J connectivity index is 2.30. The average Bonchev–Trinajstić information content (AvgIpc) is 2.37. The third-order valence-electron chi connectivity index (χ3n) is 2.80. The topological polar surface area (TPSA) is 29.5 Å². The highest BCUT2D eigenvalue weighted by molar-refractivity contribution is 6.31. The van der Waals surface area contributed by atoms with Gasteiger partial charge in [-0.15, -0.1) is 0 Å². The maximum absolute atomic E-state index is 13.0. The van der Waals surface area contributed by atoms with Gasteiger partial charge in [0.2, 0.25) is 0 Å². The number of hydrogen-bond donors (Lipinski definition) is 1. The summed E-state index contributed by atoms with van der Waals surface area (Å²) >= 11 is 5.97. The first kappa shape index (κ1) is 14.8. The van der Waals surface area contributed by atoms with Crippen LogP contribution in [-0.4, -0.2) is 11.2 Å². The van der Waals surface area contributed by atoms with E-state index >= 15 is 0 Å². The van der Waals surface area contributed by atoms with Gasteiger partial charge in [0.25, 0.3) is 0 Å². The summed E-state index contributed by atoms with van der Waals surface area (Å²) in [5.74, 6) is 0.248. The molecule has 0 fully saturated rings. The minimum absolute atomic E-state index is 0.0526. The fourth-order valence-electron chi connectivity index (χ4n) is 1.93. The highest BCUT2D eigenvalue weighted by atomic mass is 35.5. The second-order valence-corrected chi connectivity index (χ2v) is 5.21. The summed E-state index contributed by atoms with van der Waals surface area (Å²) in [6.45, 7) is 3.86. The van der Waals surface area contributed by atoms with Crippen molar-refractivity contribution in [2.45, 2.75) is 26.1 Å². The molecule has 2 rings (SSSR count). The fraction of sp³-hybridized carbons (Fsp3) is 0.250. The summed E-state index contributed by atoms with van der Waals surface area (Å²) < 4.78 is 18.6. The van der Waals surface area contributed by atoms with Crippen molar-refractivity contribution in [2.75, 3.05) is 0 Å². The highest BCUT2D eigenvalue weighted by Crippen LogP contribution is 2.30. The summed E-state index contributed by atoms with van der Waals surface area (Å²) in [5, 5.41) is 10.6. The fourth-order valence-corrected chi connectivity index (χ4v) is 2.20. The molecule has 0 saturated carbocycles. The summed E-state index contributed by atoms with van der Waals surface area (Å²) in [6, 6.07) is 11.1. The second kappa shape index (κ2) is 6.25. The number of hydrogen-bond acceptors (Lipinski definition) is 2. The van der Waals surface area contributed by atoms with Crippen molar-refractivity contribution in [3.8, 4) is 5.75 Å². The van der Waals surface area contributed by atoms with Crippen LogP contribution in [0, 0.1) is 5.82 Å². The smallest absolute Gasteiger partial charge is 0.124 e. The molecule has 4 heteroatoms. The van der Waals surface area contributed by atoms with Crippen LogP contribution in [0.25, 0.3) is 0 Å². The molecule has 20 heavy (non-hydrogen) atoms. The first-order valence-corrected chi connectivity index (χ1v) is 6.75. The Bertz CT molecular complexity index is 599. The molecule has 0 spiro atoms. The monoisotopic (exact) mass is 294 g/mol. The van der Waals surface area contributed by atoms with Crippen LogP contribution in [0.2, 0.25) is 5.02 Å². The summed E-state index contributed by atoms with van der Waals surface area (Å²) in [7, 11) is 0. The van der Waals surface area contributed by atoms with Crippen molar-refractivity contribution in [1.82, 2.24) is 0 Å². The Morgan fingerprint density at radius 2 is 1.90 bits per heavy atom. The lowest BCUT2D eigenvalue weighted by Gasteiger charge is -2.15. The van der Waals surface area contributed by atoms with Gasteiger partial charge in [-0.1, -0.05) is 29.8 Å². The Kier molecular flexibility index (Phi) is 4.63. The third-order valence-corrected chi connectivity index (χ3v) is 3.13. The Labute approximate surface area is 122 Å². The molecule has 0 aromatic heterocycles. The number of aliphatic hydroxyl groups is 1. The van der Waals surface area contributed by atoms with Crippen molar-refractivity contribution in [3.05, 3.63) is 64.4 Å². The van der Waals surface area contributed by atoms with Gasteiger partial charge in [-0.05, 0) is 43.7 Å². The van der Waals surface area contributed by atoms with Gasteiger partial charge in [-0.25, -0.2) is 4.39 Å². The quantitative estimate of drug-likeness (QED) is 0.908. The molecule has 0 bridgehead atoms. The number of rotatable bonds is 4. The molecule has 2 aromatic rings. The maximum Gasteiger partial charge on any atom is 0.124 e. The van der Waals surface area contributed by atoms with E-state index in [1.807, 2.05) is 19.9 Å². The standard InChI is InChI=1S/C16H16ClFO2/c1-10(2)20-13-5-3-4-11(8-13)16(19)14-7-6-12(18)9-15(14)17/h3-10,16,19H,1-2H3. The van der Waals surface area contributed by atoms with E-state index in [0.717, 1.165) is 0 Å². The van der Waals surface area contributed by atoms with Crippen LogP contribution in [0.15, 0.2) is 42.5 Å². The number of aliphatic hydroxyl groups excluding tert-OH is 1. The van der Waals surface area contributed by atoms with Gasteiger partial charge in [-0.3, -0.25) is 0 Å². The van der Waals surface area contributed by atoms with Crippen molar-refractivity contribution in [3.63, 3.8) is 0 Å². The first-order valence-electron chi connectivity index (χ1n) is 6.37. The predicted molar refractivity (Wildman–Crippen MR) is 77.7 cm³/mol. The Morgan fingerprint density at radius 1 is 1.15 bits per heavy atom. The highest BCUT2D eigenvalue weighted by Gasteiger charge is 2.15. The van der Waals surface area contributed by atoms with Gasteiger partial charge in [0.15, 0.2) is 0 Å². The summed E-state index contributed by atoms with van der Waals surface area (Å²) in [6.07, 6.45) is -0.865. The van der Waals surface area contributed by atoms with E-state index in [1.165, 1.54) is 18.2 Å². The summed E-state index contributed by atoms with van der Waals surface area (Å²) in [5.41, 5.74) is 1.12. The van der Waals surface area contributed by atoms with Crippen LogP contribution in [0.4, 0.5) is 4.39 Å². The molecule has 0 saturated heterocycles. The van der Waals surface area contributed by atoms with Crippen LogP contribution in [0.5, 0.6) is 5.75 Å². The van der Waals surface area contributed by atoms with Gasteiger partial charge < -0.3 is 9.84 Å². The lowest BCUT2D eigenvalue weighted by atomic mass is 10.0.